The van der Waals surface area contributed by atoms with Gasteiger partial charge in [0.25, 0.3) is 0 Å². The fourth-order valence-electron chi connectivity index (χ4n) is 2.88. The fraction of sp³-hybridized carbons (Fsp3) is 0.750. The quantitative estimate of drug-likeness (QED) is 0.897. The monoisotopic (exact) mass is 291 g/mol. The Morgan fingerprint density at radius 2 is 2.05 bits per heavy atom. The molecule has 0 saturated carbocycles. The van der Waals surface area contributed by atoms with Crippen molar-refractivity contribution in [3.8, 4) is 0 Å². The van der Waals surface area contributed by atoms with Gasteiger partial charge in [-0.05, 0) is 40.0 Å². The van der Waals surface area contributed by atoms with Gasteiger partial charge >= 0.3 is 0 Å². The molecular weight excluding hydrogens is 262 g/mol. The third-order valence-corrected chi connectivity index (χ3v) is 4.34. The molecule has 0 radical (unpaired) electrons. The Balaban J connectivity index is 2.20. The third-order valence-electron chi connectivity index (χ3n) is 4.34. The summed E-state index contributed by atoms with van der Waals surface area (Å²) >= 11 is 0. The van der Waals surface area contributed by atoms with Crippen molar-refractivity contribution in [3.63, 3.8) is 0 Å². The Bertz CT molecular complexity index is 452. The molecule has 0 amide bonds. The summed E-state index contributed by atoms with van der Waals surface area (Å²) in [4.78, 5) is 14.1. The number of aromatic nitrogens is 2. The molecule has 0 aliphatic carbocycles. The zero-order valence-electron chi connectivity index (χ0n) is 14.1. The van der Waals surface area contributed by atoms with Crippen LogP contribution in [0.5, 0.6) is 0 Å². The van der Waals surface area contributed by atoms with Gasteiger partial charge in [-0.1, -0.05) is 13.8 Å². The van der Waals surface area contributed by atoms with Crippen LogP contribution in [0.3, 0.4) is 0 Å². The van der Waals surface area contributed by atoms with Gasteiger partial charge in [-0.15, -0.1) is 0 Å². The van der Waals surface area contributed by atoms with Crippen LogP contribution in [0.4, 0.5) is 5.69 Å². The minimum atomic E-state index is 0.364. The van der Waals surface area contributed by atoms with E-state index >= 15 is 0 Å². The molecule has 21 heavy (non-hydrogen) atoms. The first kappa shape index (κ1) is 16.2. The van der Waals surface area contributed by atoms with Gasteiger partial charge in [0.2, 0.25) is 0 Å². The number of rotatable bonds is 5. The van der Waals surface area contributed by atoms with E-state index in [4.69, 9.17) is 4.98 Å². The molecule has 118 valence electrons. The van der Waals surface area contributed by atoms with Gasteiger partial charge in [-0.3, -0.25) is 0 Å². The van der Waals surface area contributed by atoms with E-state index in [1.54, 1.807) is 0 Å². The van der Waals surface area contributed by atoms with Gasteiger partial charge in [0, 0.05) is 25.6 Å². The second-order valence-corrected chi connectivity index (χ2v) is 6.39. The number of nitrogens with one attached hydrogen (secondary N) is 1. The minimum Gasteiger partial charge on any atom is -0.369 e. The molecule has 0 spiro atoms. The van der Waals surface area contributed by atoms with E-state index in [1.807, 2.05) is 13.2 Å². The highest BCUT2D eigenvalue weighted by Gasteiger charge is 2.23. The topological polar surface area (TPSA) is 44.3 Å². The smallest absolute Gasteiger partial charge is 0.131 e. The maximum atomic E-state index is 4.77. The Labute approximate surface area is 128 Å². The first-order valence-electron chi connectivity index (χ1n) is 7.94. The number of piperidine rings is 1. The summed E-state index contributed by atoms with van der Waals surface area (Å²) < 4.78 is 0. The van der Waals surface area contributed by atoms with Crippen LogP contribution in [0.2, 0.25) is 0 Å². The van der Waals surface area contributed by atoms with Gasteiger partial charge in [-0.25, -0.2) is 9.97 Å². The maximum Gasteiger partial charge on any atom is 0.131 e. The fourth-order valence-corrected chi connectivity index (χ4v) is 2.88. The zero-order valence-corrected chi connectivity index (χ0v) is 14.1. The van der Waals surface area contributed by atoms with E-state index in [0.717, 1.165) is 18.1 Å². The largest absolute Gasteiger partial charge is 0.369 e. The van der Waals surface area contributed by atoms with E-state index in [9.17, 15) is 0 Å². The van der Waals surface area contributed by atoms with Crippen molar-refractivity contribution in [1.29, 1.82) is 0 Å². The molecule has 0 unspecified atom stereocenters. The molecule has 1 fully saturated rings. The summed E-state index contributed by atoms with van der Waals surface area (Å²) in [5.74, 6) is 1.30. The average Bonchev–Trinajstić information content (AvgIpc) is 2.47. The Hall–Kier alpha value is -1.20. The lowest BCUT2D eigenvalue weighted by atomic mass is 10.0. The SMILES string of the molecule is CNCc1nc(C(C)C)ncc1N(C)C1CCN(C)CC1. The average molecular weight is 291 g/mol. The van der Waals surface area contributed by atoms with Gasteiger partial charge in [0.1, 0.15) is 5.82 Å². The number of nitrogens with zero attached hydrogens (tertiary/aromatic N) is 4. The number of hydrogen-bond acceptors (Lipinski definition) is 5. The molecule has 1 saturated heterocycles. The molecule has 0 aromatic carbocycles. The standard InChI is InChI=1S/C16H29N5/c1-12(2)16-18-11-15(14(19-16)10-17-3)21(5)13-6-8-20(4)9-7-13/h11-13,17H,6-10H2,1-5H3. The number of anilines is 1. The predicted octanol–water partition coefficient (Wildman–Crippen LogP) is 1.85. The van der Waals surface area contributed by atoms with Crippen molar-refractivity contribution in [2.45, 2.75) is 45.2 Å². The molecule has 1 aliphatic heterocycles. The molecule has 0 atom stereocenters. The lowest BCUT2D eigenvalue weighted by Crippen LogP contribution is -2.42. The van der Waals surface area contributed by atoms with Crippen LogP contribution in [0.1, 0.15) is 44.1 Å². The molecule has 1 aromatic heterocycles. The highest BCUT2D eigenvalue weighted by Crippen LogP contribution is 2.25. The summed E-state index contributed by atoms with van der Waals surface area (Å²) in [6.07, 6.45) is 4.42. The van der Waals surface area contributed by atoms with Gasteiger partial charge in [0.05, 0.1) is 17.6 Å². The molecule has 2 heterocycles. The molecule has 5 nitrogen and oxygen atoms in total. The summed E-state index contributed by atoms with van der Waals surface area (Å²) in [6, 6.07) is 0.588. The first-order chi connectivity index (χ1) is 10.0. The highest BCUT2D eigenvalue weighted by atomic mass is 15.2. The highest BCUT2D eigenvalue weighted by molar-refractivity contribution is 5.49. The van der Waals surface area contributed by atoms with Gasteiger partial charge in [0.15, 0.2) is 0 Å². The summed E-state index contributed by atoms with van der Waals surface area (Å²) in [5, 5.41) is 3.23. The Kier molecular flexibility index (Phi) is 5.53. The Morgan fingerprint density at radius 3 is 2.62 bits per heavy atom. The van der Waals surface area contributed by atoms with Gasteiger partial charge < -0.3 is 15.1 Å². The van der Waals surface area contributed by atoms with Crippen molar-refractivity contribution in [1.82, 2.24) is 20.2 Å². The Morgan fingerprint density at radius 1 is 1.38 bits per heavy atom. The molecule has 1 aromatic rings. The summed E-state index contributed by atoms with van der Waals surface area (Å²) in [6.45, 7) is 7.40. The van der Waals surface area contributed by atoms with Gasteiger partial charge in [-0.2, -0.15) is 0 Å². The van der Waals surface area contributed by atoms with Crippen molar-refractivity contribution in [2.24, 2.45) is 0 Å². The van der Waals surface area contributed by atoms with E-state index in [2.05, 4.69) is 48.0 Å². The molecule has 1 aliphatic rings. The zero-order chi connectivity index (χ0) is 15.4. The van der Waals surface area contributed by atoms with Crippen molar-refractivity contribution >= 4 is 5.69 Å². The second-order valence-electron chi connectivity index (χ2n) is 6.39. The summed E-state index contributed by atoms with van der Waals surface area (Å²) in [5.41, 5.74) is 2.28. The van der Waals surface area contributed by atoms with Crippen molar-refractivity contribution < 1.29 is 0 Å². The first-order valence-corrected chi connectivity index (χ1v) is 7.94. The van der Waals surface area contributed by atoms with Crippen LogP contribution in [0.25, 0.3) is 0 Å². The van der Waals surface area contributed by atoms with Crippen LogP contribution in [0.15, 0.2) is 6.20 Å². The maximum absolute atomic E-state index is 4.77. The van der Waals surface area contributed by atoms with Crippen LogP contribution < -0.4 is 10.2 Å². The van der Waals surface area contributed by atoms with E-state index in [1.165, 1.54) is 31.6 Å². The normalized spacial score (nSPS) is 17.4. The number of hydrogen-bond donors (Lipinski definition) is 1. The molecular formula is C16H29N5. The van der Waals surface area contributed by atoms with Crippen LogP contribution in [-0.2, 0) is 6.54 Å². The van der Waals surface area contributed by atoms with Crippen molar-refractivity contribution in [2.75, 3.05) is 39.1 Å². The predicted molar refractivity (Wildman–Crippen MR) is 87.8 cm³/mol. The van der Waals surface area contributed by atoms with Crippen LogP contribution in [0, 0.1) is 0 Å². The van der Waals surface area contributed by atoms with Crippen molar-refractivity contribution in [3.05, 3.63) is 17.7 Å². The van der Waals surface area contributed by atoms with E-state index < -0.39 is 0 Å². The molecule has 2 rings (SSSR count). The lowest BCUT2D eigenvalue weighted by molar-refractivity contribution is 0.252. The van der Waals surface area contributed by atoms with Crippen LogP contribution in [-0.4, -0.2) is 55.1 Å². The molecule has 1 N–H and O–H groups in total. The van der Waals surface area contributed by atoms with E-state index in [0.29, 0.717) is 12.0 Å². The third kappa shape index (κ3) is 3.92. The van der Waals surface area contributed by atoms with Crippen LogP contribution >= 0.6 is 0 Å². The summed E-state index contributed by atoms with van der Waals surface area (Å²) in [7, 11) is 6.35. The van der Waals surface area contributed by atoms with E-state index in [-0.39, 0.29) is 0 Å². The lowest BCUT2D eigenvalue weighted by Gasteiger charge is -2.36. The molecule has 0 bridgehead atoms. The molecule has 5 heteroatoms. The minimum absolute atomic E-state index is 0.364. The number of likely N-dealkylation sites (tertiary alicyclic amines) is 1. The second kappa shape index (κ2) is 7.18.